The Morgan fingerprint density at radius 1 is 1.21 bits per heavy atom. The number of amides is 1. The zero-order valence-corrected chi connectivity index (χ0v) is 14.7. The highest BCUT2D eigenvalue weighted by Gasteiger charge is 2.23. The molecule has 1 amide bonds. The van der Waals surface area contributed by atoms with Crippen molar-refractivity contribution in [2.24, 2.45) is 5.92 Å². The molecule has 1 aromatic rings. The second-order valence-corrected chi connectivity index (χ2v) is 7.39. The van der Waals surface area contributed by atoms with Crippen LogP contribution in [-0.4, -0.2) is 37.7 Å². The van der Waals surface area contributed by atoms with E-state index in [-0.39, 0.29) is 24.7 Å². The Morgan fingerprint density at radius 2 is 2.04 bits per heavy atom. The fraction of sp³-hybridized carbons (Fsp3) is 0.650. The molecule has 24 heavy (non-hydrogen) atoms. The van der Waals surface area contributed by atoms with Crippen LogP contribution < -0.4 is 10.2 Å². The normalized spacial score (nSPS) is 27.7. The van der Waals surface area contributed by atoms with Gasteiger partial charge in [0.25, 0.3) is 0 Å². The van der Waals surface area contributed by atoms with E-state index in [1.54, 1.807) is 0 Å². The Labute approximate surface area is 145 Å². The molecule has 1 N–H and O–H groups in total. The predicted octanol–water partition coefficient (Wildman–Crippen LogP) is 3.37. The van der Waals surface area contributed by atoms with Crippen LogP contribution in [0.1, 0.15) is 45.4 Å². The van der Waals surface area contributed by atoms with Crippen LogP contribution in [0, 0.1) is 5.92 Å². The third-order valence-corrected chi connectivity index (χ3v) is 5.25. The van der Waals surface area contributed by atoms with Crippen LogP contribution in [-0.2, 0) is 9.53 Å². The van der Waals surface area contributed by atoms with Crippen LogP contribution in [0.4, 0.5) is 5.69 Å². The Bertz CT molecular complexity index is 520. The minimum Gasteiger partial charge on any atom is -0.369 e. The Morgan fingerprint density at radius 3 is 2.83 bits per heavy atom. The summed E-state index contributed by atoms with van der Waals surface area (Å²) in [6.07, 6.45) is 7.15. The molecular formula is C20H30N2O2. The first-order valence-corrected chi connectivity index (χ1v) is 9.41. The molecule has 3 atom stereocenters. The van der Waals surface area contributed by atoms with Gasteiger partial charge in [0.15, 0.2) is 0 Å². The van der Waals surface area contributed by atoms with Gasteiger partial charge in [-0.15, -0.1) is 0 Å². The lowest BCUT2D eigenvalue weighted by molar-refractivity contribution is -0.129. The zero-order valence-electron chi connectivity index (χ0n) is 14.7. The molecule has 2 fully saturated rings. The molecule has 0 spiro atoms. The first kappa shape index (κ1) is 17.3. The van der Waals surface area contributed by atoms with Crippen molar-refractivity contribution in [3.63, 3.8) is 0 Å². The van der Waals surface area contributed by atoms with Crippen LogP contribution in [0.2, 0.25) is 0 Å². The fourth-order valence-corrected chi connectivity index (χ4v) is 3.96. The molecule has 3 rings (SSSR count). The van der Waals surface area contributed by atoms with Gasteiger partial charge in [-0.1, -0.05) is 38.0 Å². The molecule has 4 heteroatoms. The zero-order chi connectivity index (χ0) is 16.8. The number of carbonyl (C=O) groups is 1. The molecule has 0 aromatic heterocycles. The van der Waals surface area contributed by atoms with Crippen LogP contribution >= 0.6 is 0 Å². The Balaban J connectivity index is 1.42. The summed E-state index contributed by atoms with van der Waals surface area (Å²) in [4.78, 5) is 14.6. The van der Waals surface area contributed by atoms with E-state index in [0.717, 1.165) is 44.7 Å². The van der Waals surface area contributed by atoms with E-state index in [1.807, 2.05) is 6.07 Å². The van der Waals surface area contributed by atoms with Gasteiger partial charge < -0.3 is 15.0 Å². The topological polar surface area (TPSA) is 41.6 Å². The maximum atomic E-state index is 12.2. The van der Waals surface area contributed by atoms with Gasteiger partial charge in [0.1, 0.15) is 6.61 Å². The van der Waals surface area contributed by atoms with Gasteiger partial charge in [0.05, 0.1) is 6.10 Å². The molecule has 3 unspecified atom stereocenters. The molecular weight excluding hydrogens is 300 g/mol. The van der Waals surface area contributed by atoms with Gasteiger partial charge in [-0.2, -0.15) is 0 Å². The minimum absolute atomic E-state index is 0.0353. The highest BCUT2D eigenvalue weighted by atomic mass is 16.5. The van der Waals surface area contributed by atoms with Crippen molar-refractivity contribution in [2.45, 2.75) is 57.6 Å². The molecule has 1 aromatic carbocycles. The van der Waals surface area contributed by atoms with Crippen LogP contribution in [0.15, 0.2) is 30.3 Å². The van der Waals surface area contributed by atoms with Crippen molar-refractivity contribution in [2.75, 3.05) is 24.6 Å². The molecule has 0 radical (unpaired) electrons. The van der Waals surface area contributed by atoms with E-state index in [2.05, 4.69) is 41.4 Å². The highest BCUT2D eigenvalue weighted by molar-refractivity contribution is 5.77. The number of hydrogen-bond acceptors (Lipinski definition) is 3. The van der Waals surface area contributed by atoms with Crippen LogP contribution in [0.3, 0.4) is 0 Å². The molecule has 1 aliphatic heterocycles. The summed E-state index contributed by atoms with van der Waals surface area (Å²) < 4.78 is 5.84. The van der Waals surface area contributed by atoms with Crippen molar-refractivity contribution in [3.8, 4) is 0 Å². The number of rotatable bonds is 5. The molecule has 1 heterocycles. The summed E-state index contributed by atoms with van der Waals surface area (Å²) in [6, 6.07) is 10.7. The third-order valence-electron chi connectivity index (χ3n) is 5.25. The molecule has 1 aliphatic carbocycles. The second kappa shape index (κ2) is 8.52. The van der Waals surface area contributed by atoms with Gasteiger partial charge in [-0.05, 0) is 43.7 Å². The molecule has 132 valence electrons. The van der Waals surface area contributed by atoms with E-state index in [9.17, 15) is 4.79 Å². The lowest BCUT2D eigenvalue weighted by atomic mass is 9.89. The van der Waals surface area contributed by atoms with Gasteiger partial charge >= 0.3 is 0 Å². The predicted molar refractivity (Wildman–Crippen MR) is 97.2 cm³/mol. The van der Waals surface area contributed by atoms with Crippen LogP contribution in [0.25, 0.3) is 0 Å². The lowest BCUT2D eigenvalue weighted by Gasteiger charge is -2.35. The molecule has 1 saturated carbocycles. The van der Waals surface area contributed by atoms with Crippen molar-refractivity contribution in [1.29, 1.82) is 0 Å². The summed E-state index contributed by atoms with van der Waals surface area (Å²) in [6.45, 7) is 4.43. The van der Waals surface area contributed by atoms with Gasteiger partial charge in [0.2, 0.25) is 5.91 Å². The number of hydrogen-bond donors (Lipinski definition) is 1. The summed E-state index contributed by atoms with van der Waals surface area (Å²) in [7, 11) is 0. The number of anilines is 1. The maximum Gasteiger partial charge on any atom is 0.246 e. The molecule has 4 nitrogen and oxygen atoms in total. The van der Waals surface area contributed by atoms with E-state index in [4.69, 9.17) is 4.74 Å². The number of carbonyl (C=O) groups excluding carboxylic acids is 1. The summed E-state index contributed by atoms with van der Waals surface area (Å²) >= 11 is 0. The first-order valence-electron chi connectivity index (χ1n) is 9.41. The van der Waals surface area contributed by atoms with Gasteiger partial charge in [-0.3, -0.25) is 4.79 Å². The SMILES string of the molecule is CC1CCCC(OCC(=O)NC2CCCN(c3ccccc3)C2)C1. The number of nitrogens with one attached hydrogen (secondary N) is 1. The standard InChI is InChI=1S/C20H30N2O2/c1-16-7-5-11-19(13-16)24-15-20(23)21-17-8-6-12-22(14-17)18-9-3-2-4-10-18/h2-4,9-10,16-17,19H,5-8,11-15H2,1H3,(H,21,23). The third kappa shape index (κ3) is 4.97. The summed E-state index contributed by atoms with van der Waals surface area (Å²) in [5.41, 5.74) is 1.24. The van der Waals surface area contributed by atoms with E-state index in [0.29, 0.717) is 0 Å². The first-order chi connectivity index (χ1) is 11.7. The average molecular weight is 330 g/mol. The number of piperidine rings is 1. The quantitative estimate of drug-likeness (QED) is 0.900. The lowest BCUT2D eigenvalue weighted by Crippen LogP contribution is -2.49. The summed E-state index contributed by atoms with van der Waals surface area (Å²) in [5.74, 6) is 0.762. The summed E-state index contributed by atoms with van der Waals surface area (Å²) in [5, 5.41) is 3.16. The monoisotopic (exact) mass is 330 g/mol. The fourth-order valence-electron chi connectivity index (χ4n) is 3.96. The molecule has 0 bridgehead atoms. The van der Waals surface area contributed by atoms with Crippen molar-refractivity contribution >= 4 is 11.6 Å². The van der Waals surface area contributed by atoms with E-state index >= 15 is 0 Å². The second-order valence-electron chi connectivity index (χ2n) is 7.39. The van der Waals surface area contributed by atoms with Gasteiger partial charge in [-0.25, -0.2) is 0 Å². The maximum absolute atomic E-state index is 12.2. The minimum atomic E-state index is 0.0353. The van der Waals surface area contributed by atoms with Crippen molar-refractivity contribution in [1.82, 2.24) is 5.32 Å². The largest absolute Gasteiger partial charge is 0.369 e. The number of benzene rings is 1. The Hall–Kier alpha value is -1.55. The number of nitrogens with zero attached hydrogens (tertiary/aromatic N) is 1. The molecule has 1 saturated heterocycles. The highest BCUT2D eigenvalue weighted by Crippen LogP contribution is 2.25. The number of para-hydroxylation sites is 1. The average Bonchev–Trinajstić information content (AvgIpc) is 2.61. The van der Waals surface area contributed by atoms with Crippen molar-refractivity contribution in [3.05, 3.63) is 30.3 Å². The van der Waals surface area contributed by atoms with Gasteiger partial charge in [0, 0.05) is 24.8 Å². The molecule has 2 aliphatic rings. The Kier molecular flexibility index (Phi) is 6.13. The smallest absolute Gasteiger partial charge is 0.246 e. The number of ether oxygens (including phenoxy) is 1. The van der Waals surface area contributed by atoms with E-state index < -0.39 is 0 Å². The van der Waals surface area contributed by atoms with Crippen molar-refractivity contribution < 1.29 is 9.53 Å². The van der Waals surface area contributed by atoms with Crippen LogP contribution in [0.5, 0.6) is 0 Å². The van der Waals surface area contributed by atoms with E-state index in [1.165, 1.54) is 18.5 Å².